The topological polar surface area (TPSA) is 105 Å². The normalized spacial score (nSPS) is 45.3. The summed E-state index contributed by atoms with van der Waals surface area (Å²) in [4.78, 5) is 49.2. The van der Waals surface area contributed by atoms with Crippen LogP contribution in [0.5, 0.6) is 0 Å². The Kier molecular flexibility index (Phi) is 9.80. The molecule has 4 heterocycles. The smallest absolute Gasteiger partial charge is 0.417 e. The molecule has 0 aromatic rings. The fourth-order valence-electron chi connectivity index (χ4n) is 9.51. The second-order valence-electron chi connectivity index (χ2n) is 17.0. The molecular weight excluding hydrogens is 701 g/mol. The molecule has 12 heteroatoms. The summed E-state index contributed by atoms with van der Waals surface area (Å²) < 4.78 is 23.4. The van der Waals surface area contributed by atoms with Crippen molar-refractivity contribution in [3.05, 3.63) is 0 Å². The molecule has 272 valence electrons. The van der Waals surface area contributed by atoms with Gasteiger partial charge in [-0.05, 0) is 127 Å². The van der Waals surface area contributed by atoms with Gasteiger partial charge in [-0.3, -0.25) is 9.59 Å². The summed E-state index contributed by atoms with van der Waals surface area (Å²) in [6.07, 6.45) is 15.5. The molecule has 8 aliphatic rings. The van der Waals surface area contributed by atoms with Crippen LogP contribution in [-0.2, 0) is 38.1 Å². The first-order valence-corrected chi connectivity index (χ1v) is 22.3. The van der Waals surface area contributed by atoms with Crippen LogP contribution in [0.1, 0.15) is 110 Å². The minimum Gasteiger partial charge on any atom is -0.465 e. The first-order valence-electron chi connectivity index (χ1n) is 18.8. The van der Waals surface area contributed by atoms with E-state index in [0.717, 1.165) is 64.2 Å². The third kappa shape index (κ3) is 7.97. The van der Waals surface area contributed by atoms with Crippen molar-refractivity contribution in [2.45, 2.75) is 150 Å². The summed E-state index contributed by atoms with van der Waals surface area (Å²) in [5.74, 6) is -1.11. The number of rotatable bonds is 13. The lowest BCUT2D eigenvalue weighted by molar-refractivity contribution is -0.169. The highest BCUT2D eigenvalue weighted by Crippen LogP contribution is 2.70. The standard InChI is InChI=1S/C37H52O8S4/c1-34-7-3-22(13-26(34)46-34)18-42-30(38)17-31(39)43-19-24-5-9-36(28(15-24)48-36)11-12-37-10-6-25(16-29(37)49-37)21-45-33(41)32(40)44-20-23-4-8-35(2)27(14-23)47-35/h22-29H,3-21H2,1-2H3. The summed E-state index contributed by atoms with van der Waals surface area (Å²) in [5.41, 5.74) is 0. The second kappa shape index (κ2) is 13.6. The van der Waals surface area contributed by atoms with Crippen molar-refractivity contribution in [2.75, 3.05) is 26.4 Å². The quantitative estimate of drug-likeness (QED) is 0.0637. The number of hydrogen-bond donors (Lipinski definition) is 0. The average molecular weight is 753 g/mol. The van der Waals surface area contributed by atoms with Crippen LogP contribution in [0, 0.1) is 23.7 Å². The Labute approximate surface area is 307 Å². The van der Waals surface area contributed by atoms with E-state index < -0.39 is 23.9 Å². The fourth-order valence-corrected chi connectivity index (χ4v) is 15.6. The molecule has 4 saturated heterocycles. The predicted molar refractivity (Wildman–Crippen MR) is 195 cm³/mol. The average Bonchev–Trinajstić information content (AvgIpc) is 3.96. The molecule has 0 amide bonds. The molecule has 0 spiro atoms. The van der Waals surface area contributed by atoms with E-state index in [4.69, 9.17) is 18.9 Å². The van der Waals surface area contributed by atoms with Gasteiger partial charge in [0.2, 0.25) is 0 Å². The van der Waals surface area contributed by atoms with E-state index >= 15 is 0 Å². The minimum atomic E-state index is -0.833. The summed E-state index contributed by atoms with van der Waals surface area (Å²) in [6, 6.07) is 0. The molecule has 49 heavy (non-hydrogen) atoms. The molecule has 12 atom stereocenters. The van der Waals surface area contributed by atoms with Gasteiger partial charge in [0.25, 0.3) is 0 Å². The van der Waals surface area contributed by atoms with Gasteiger partial charge in [0.1, 0.15) is 6.42 Å². The van der Waals surface area contributed by atoms with Gasteiger partial charge in [-0.15, -0.1) is 47.0 Å². The van der Waals surface area contributed by atoms with E-state index in [1.54, 1.807) is 0 Å². The Morgan fingerprint density at radius 2 is 0.878 bits per heavy atom. The molecule has 4 saturated carbocycles. The number of carbonyl (C=O) groups excluding carboxylic acids is 4. The zero-order valence-corrected chi connectivity index (χ0v) is 32.2. The molecule has 0 bridgehead atoms. The van der Waals surface area contributed by atoms with Crippen LogP contribution < -0.4 is 0 Å². The van der Waals surface area contributed by atoms with Crippen LogP contribution in [0.4, 0.5) is 0 Å². The lowest BCUT2D eigenvalue weighted by atomic mass is 9.76. The first kappa shape index (κ1) is 35.3. The van der Waals surface area contributed by atoms with Crippen LogP contribution in [0.25, 0.3) is 0 Å². The van der Waals surface area contributed by atoms with Crippen molar-refractivity contribution >= 4 is 70.9 Å². The number of fused-ring (bicyclic) bond motifs is 4. The minimum absolute atomic E-state index is 0.284. The van der Waals surface area contributed by atoms with E-state index in [2.05, 4.69) is 37.4 Å². The van der Waals surface area contributed by atoms with Gasteiger partial charge in [-0.25, -0.2) is 9.59 Å². The van der Waals surface area contributed by atoms with E-state index in [9.17, 15) is 19.2 Å². The van der Waals surface area contributed by atoms with E-state index in [1.807, 2.05) is 23.5 Å². The van der Waals surface area contributed by atoms with Crippen LogP contribution >= 0.6 is 47.0 Å². The van der Waals surface area contributed by atoms with E-state index in [1.165, 1.54) is 25.7 Å². The maximum Gasteiger partial charge on any atom is 0.417 e. The second-order valence-corrected chi connectivity index (χ2v) is 23.7. The monoisotopic (exact) mass is 752 g/mol. The molecule has 0 N–H and O–H groups in total. The Morgan fingerprint density at radius 1 is 0.510 bits per heavy atom. The van der Waals surface area contributed by atoms with Crippen LogP contribution in [0.2, 0.25) is 0 Å². The summed E-state index contributed by atoms with van der Waals surface area (Å²) >= 11 is 8.32. The highest BCUT2D eigenvalue weighted by Gasteiger charge is 2.62. The van der Waals surface area contributed by atoms with Gasteiger partial charge in [0.05, 0.1) is 26.4 Å². The molecule has 4 aliphatic heterocycles. The SMILES string of the molecule is CC12CCC(COC(=O)CC(=O)OCC3CCC4(CCC56CCC(COC(=O)C(=O)OCC7CCC8(C)SC8C7)CC5S6)SC4C3)CC1S2. The van der Waals surface area contributed by atoms with Gasteiger partial charge >= 0.3 is 23.9 Å². The van der Waals surface area contributed by atoms with Crippen LogP contribution in [-0.4, -0.2) is 90.3 Å². The molecule has 8 nitrogen and oxygen atoms in total. The Hall–Kier alpha value is -0.720. The number of hydrogen-bond acceptors (Lipinski definition) is 12. The highest BCUT2D eigenvalue weighted by molar-refractivity contribution is 8.09. The van der Waals surface area contributed by atoms with Crippen LogP contribution in [0.3, 0.4) is 0 Å². The molecule has 0 aromatic carbocycles. The van der Waals surface area contributed by atoms with Gasteiger partial charge in [-0.1, -0.05) is 0 Å². The number of carbonyl (C=O) groups is 4. The zero-order chi connectivity index (χ0) is 34.0. The number of thioether (sulfide) groups is 4. The maximum absolute atomic E-state index is 12.4. The third-order valence-corrected chi connectivity index (χ3v) is 20.6. The van der Waals surface area contributed by atoms with Crippen molar-refractivity contribution in [3.8, 4) is 0 Å². The van der Waals surface area contributed by atoms with Gasteiger partial charge in [0.15, 0.2) is 0 Å². The fraction of sp³-hybridized carbons (Fsp3) is 0.892. The lowest BCUT2D eigenvalue weighted by Crippen LogP contribution is -2.32. The third-order valence-electron chi connectivity index (χ3n) is 13.4. The van der Waals surface area contributed by atoms with Crippen molar-refractivity contribution in [3.63, 3.8) is 0 Å². The molecular formula is C37H52O8S4. The summed E-state index contributed by atoms with van der Waals surface area (Å²) in [6.45, 7) is 6.13. The van der Waals surface area contributed by atoms with Gasteiger partial charge in [-0.2, -0.15) is 0 Å². The van der Waals surface area contributed by atoms with Gasteiger partial charge in [0, 0.05) is 40.0 Å². The molecule has 0 radical (unpaired) electrons. The largest absolute Gasteiger partial charge is 0.465 e. The van der Waals surface area contributed by atoms with E-state index in [0.29, 0.717) is 90.1 Å². The van der Waals surface area contributed by atoms with Crippen molar-refractivity contribution in [2.24, 2.45) is 23.7 Å². The van der Waals surface area contributed by atoms with Crippen molar-refractivity contribution in [1.82, 2.24) is 0 Å². The van der Waals surface area contributed by atoms with Gasteiger partial charge < -0.3 is 18.9 Å². The Morgan fingerprint density at radius 3 is 1.27 bits per heavy atom. The van der Waals surface area contributed by atoms with Crippen LogP contribution in [0.15, 0.2) is 0 Å². The molecule has 8 rings (SSSR count). The maximum atomic E-state index is 12.4. The Balaban J connectivity index is 0.669. The zero-order valence-electron chi connectivity index (χ0n) is 29.0. The highest BCUT2D eigenvalue weighted by atomic mass is 32.2. The number of ether oxygens (including phenoxy) is 4. The van der Waals surface area contributed by atoms with Crippen molar-refractivity contribution in [1.29, 1.82) is 0 Å². The predicted octanol–water partition coefficient (Wildman–Crippen LogP) is 6.99. The first-order chi connectivity index (χ1) is 23.4. The molecule has 12 unspecified atom stereocenters. The summed E-state index contributed by atoms with van der Waals surface area (Å²) in [5, 5.41) is 2.68. The number of esters is 4. The molecule has 8 fully saturated rings. The van der Waals surface area contributed by atoms with Crippen molar-refractivity contribution < 1.29 is 38.1 Å². The summed E-state index contributed by atoms with van der Waals surface area (Å²) in [7, 11) is 0. The van der Waals surface area contributed by atoms with E-state index in [-0.39, 0.29) is 6.42 Å². The Bertz CT molecular complexity index is 1350. The lowest BCUT2D eigenvalue weighted by Gasteiger charge is -2.30. The molecule has 0 aromatic heterocycles. The molecule has 4 aliphatic carbocycles.